The predicted molar refractivity (Wildman–Crippen MR) is 122 cm³/mol. The van der Waals surface area contributed by atoms with Crippen LogP contribution in [0.2, 0.25) is 5.02 Å². The number of nitrogens with one attached hydrogen (secondary N) is 1. The number of carbonyl (C=O) groups excluding carboxylic acids is 1. The van der Waals surface area contributed by atoms with Crippen LogP contribution >= 0.6 is 27.5 Å². The van der Waals surface area contributed by atoms with E-state index in [9.17, 15) is 4.79 Å². The minimum Gasteiger partial charge on any atom is -0.484 e. The van der Waals surface area contributed by atoms with Crippen LogP contribution in [0, 0.1) is 0 Å². The highest BCUT2D eigenvalue weighted by molar-refractivity contribution is 9.10. The lowest BCUT2D eigenvalue weighted by Crippen LogP contribution is -2.10. The number of anilines is 1. The van der Waals surface area contributed by atoms with Crippen molar-refractivity contribution in [2.75, 3.05) is 5.32 Å². The van der Waals surface area contributed by atoms with Crippen LogP contribution in [0.3, 0.4) is 0 Å². The Balaban J connectivity index is 1.37. The molecule has 4 nitrogen and oxygen atoms in total. The van der Waals surface area contributed by atoms with Gasteiger partial charge in [0.15, 0.2) is 5.76 Å². The SMILES string of the molecule is O=C(Nc1ccc(-c2ccccc2)cc1)c1ccc(COc2ccc(Br)cc2Cl)o1. The Morgan fingerprint density at radius 2 is 1.67 bits per heavy atom. The number of hydrogen-bond donors (Lipinski definition) is 1. The van der Waals surface area contributed by atoms with Crippen molar-refractivity contribution in [3.05, 3.63) is 106 Å². The summed E-state index contributed by atoms with van der Waals surface area (Å²) in [5, 5.41) is 3.33. The second kappa shape index (κ2) is 9.20. The summed E-state index contributed by atoms with van der Waals surface area (Å²) in [5.41, 5.74) is 2.89. The van der Waals surface area contributed by atoms with Crippen LogP contribution in [-0.4, -0.2) is 5.91 Å². The molecule has 0 radical (unpaired) electrons. The molecule has 0 atom stereocenters. The van der Waals surface area contributed by atoms with Crippen molar-refractivity contribution < 1.29 is 13.9 Å². The molecule has 4 rings (SSSR count). The van der Waals surface area contributed by atoms with Gasteiger partial charge in [0, 0.05) is 10.2 Å². The summed E-state index contributed by atoms with van der Waals surface area (Å²) in [6.45, 7) is 0.167. The maximum atomic E-state index is 12.5. The first kappa shape index (κ1) is 20.3. The Hall–Kier alpha value is -3.02. The van der Waals surface area contributed by atoms with Crippen LogP contribution < -0.4 is 10.1 Å². The highest BCUT2D eigenvalue weighted by atomic mass is 79.9. The lowest BCUT2D eigenvalue weighted by molar-refractivity contribution is 0.0992. The molecule has 1 heterocycles. The summed E-state index contributed by atoms with van der Waals surface area (Å²) in [7, 11) is 0. The zero-order valence-corrected chi connectivity index (χ0v) is 18.1. The molecule has 1 N–H and O–H groups in total. The lowest BCUT2D eigenvalue weighted by Gasteiger charge is -2.07. The molecular formula is C24H17BrClNO3. The molecule has 0 aliphatic carbocycles. The summed E-state index contributed by atoms with van der Waals surface area (Å²) in [6, 6.07) is 26.4. The first-order valence-electron chi connectivity index (χ1n) is 9.22. The van der Waals surface area contributed by atoms with Crippen molar-refractivity contribution in [3.8, 4) is 16.9 Å². The van der Waals surface area contributed by atoms with Crippen LogP contribution in [0.4, 0.5) is 5.69 Å². The van der Waals surface area contributed by atoms with Crippen molar-refractivity contribution in [1.29, 1.82) is 0 Å². The van der Waals surface area contributed by atoms with E-state index in [0.29, 0.717) is 22.2 Å². The smallest absolute Gasteiger partial charge is 0.291 e. The molecule has 0 spiro atoms. The summed E-state index contributed by atoms with van der Waals surface area (Å²) >= 11 is 9.49. The monoisotopic (exact) mass is 481 g/mol. The van der Waals surface area contributed by atoms with Gasteiger partial charge in [0.25, 0.3) is 5.91 Å². The molecule has 0 unspecified atom stereocenters. The molecule has 6 heteroatoms. The van der Waals surface area contributed by atoms with E-state index in [2.05, 4.69) is 21.2 Å². The molecule has 0 fully saturated rings. The third kappa shape index (κ3) is 4.93. The summed E-state index contributed by atoms with van der Waals surface area (Å²) in [4.78, 5) is 12.5. The largest absolute Gasteiger partial charge is 0.484 e. The van der Waals surface area contributed by atoms with Gasteiger partial charge in [-0.1, -0.05) is 70.0 Å². The van der Waals surface area contributed by atoms with Crippen LogP contribution in [0.5, 0.6) is 5.75 Å². The Kier molecular flexibility index (Phi) is 6.21. The minimum absolute atomic E-state index is 0.167. The highest BCUT2D eigenvalue weighted by Gasteiger charge is 2.13. The molecule has 0 aliphatic rings. The number of rotatable bonds is 6. The number of carbonyl (C=O) groups is 1. The molecule has 30 heavy (non-hydrogen) atoms. The van der Waals surface area contributed by atoms with E-state index < -0.39 is 0 Å². The van der Waals surface area contributed by atoms with Gasteiger partial charge in [-0.3, -0.25) is 4.79 Å². The van der Waals surface area contributed by atoms with E-state index >= 15 is 0 Å². The molecule has 0 saturated heterocycles. The molecule has 0 saturated carbocycles. The average molecular weight is 483 g/mol. The second-order valence-corrected chi connectivity index (χ2v) is 7.85. The third-order valence-electron chi connectivity index (χ3n) is 4.40. The van der Waals surface area contributed by atoms with Crippen molar-refractivity contribution in [3.63, 3.8) is 0 Å². The van der Waals surface area contributed by atoms with Crippen LogP contribution in [0.25, 0.3) is 11.1 Å². The Bertz CT molecular complexity index is 1160. The number of hydrogen-bond acceptors (Lipinski definition) is 3. The molecule has 150 valence electrons. The van der Waals surface area contributed by atoms with E-state index in [1.807, 2.05) is 60.7 Å². The van der Waals surface area contributed by atoms with Gasteiger partial charge in [0.05, 0.1) is 5.02 Å². The van der Waals surface area contributed by atoms with Crippen LogP contribution in [0.15, 0.2) is 93.8 Å². The van der Waals surface area contributed by atoms with Gasteiger partial charge in [-0.05, 0) is 53.6 Å². The number of ether oxygens (including phenoxy) is 1. The van der Waals surface area contributed by atoms with Gasteiger partial charge < -0.3 is 14.5 Å². The fraction of sp³-hybridized carbons (Fsp3) is 0.0417. The zero-order valence-electron chi connectivity index (χ0n) is 15.8. The first-order chi connectivity index (χ1) is 14.6. The maximum absolute atomic E-state index is 12.5. The van der Waals surface area contributed by atoms with E-state index in [-0.39, 0.29) is 18.3 Å². The topological polar surface area (TPSA) is 51.5 Å². The van der Waals surface area contributed by atoms with Gasteiger partial charge in [0.1, 0.15) is 18.1 Å². The maximum Gasteiger partial charge on any atom is 0.291 e. The van der Waals surface area contributed by atoms with Gasteiger partial charge in [-0.15, -0.1) is 0 Å². The normalized spacial score (nSPS) is 10.6. The van der Waals surface area contributed by atoms with Gasteiger partial charge in [-0.2, -0.15) is 0 Å². The number of furan rings is 1. The molecule has 0 bridgehead atoms. The zero-order chi connectivity index (χ0) is 20.9. The quantitative estimate of drug-likeness (QED) is 0.316. The Morgan fingerprint density at radius 3 is 2.40 bits per heavy atom. The highest BCUT2D eigenvalue weighted by Crippen LogP contribution is 2.28. The standard InChI is InChI=1S/C24H17BrClNO3/c25-18-8-12-22(21(26)14-18)29-15-20-11-13-23(30-20)24(28)27-19-9-6-17(7-10-19)16-4-2-1-3-5-16/h1-14H,15H2,(H,27,28). The number of halogens is 2. The fourth-order valence-electron chi connectivity index (χ4n) is 2.89. The van der Waals surface area contributed by atoms with Crippen molar-refractivity contribution in [2.45, 2.75) is 6.61 Å². The molecular weight excluding hydrogens is 466 g/mol. The van der Waals surface area contributed by atoms with Crippen LogP contribution in [-0.2, 0) is 6.61 Å². The summed E-state index contributed by atoms with van der Waals surface area (Å²) < 4.78 is 12.1. The van der Waals surface area contributed by atoms with Gasteiger partial charge >= 0.3 is 0 Å². The minimum atomic E-state index is -0.324. The lowest BCUT2D eigenvalue weighted by atomic mass is 10.1. The van der Waals surface area contributed by atoms with E-state index in [4.69, 9.17) is 20.8 Å². The van der Waals surface area contributed by atoms with Gasteiger partial charge in [0.2, 0.25) is 0 Å². The van der Waals surface area contributed by atoms with E-state index in [1.165, 1.54) is 0 Å². The van der Waals surface area contributed by atoms with E-state index in [0.717, 1.165) is 15.6 Å². The van der Waals surface area contributed by atoms with Crippen molar-refractivity contribution in [2.24, 2.45) is 0 Å². The first-order valence-corrected chi connectivity index (χ1v) is 10.4. The average Bonchev–Trinajstić information content (AvgIpc) is 3.24. The van der Waals surface area contributed by atoms with Crippen molar-refractivity contribution >= 4 is 39.1 Å². The Morgan fingerprint density at radius 1 is 0.933 bits per heavy atom. The second-order valence-electron chi connectivity index (χ2n) is 6.53. The number of amides is 1. The molecule has 4 aromatic rings. The molecule has 1 amide bonds. The predicted octanol–water partition coefficient (Wildman–Crippen LogP) is 7.19. The van der Waals surface area contributed by atoms with Crippen molar-refractivity contribution in [1.82, 2.24) is 0 Å². The van der Waals surface area contributed by atoms with E-state index in [1.54, 1.807) is 24.3 Å². The third-order valence-corrected chi connectivity index (χ3v) is 5.19. The number of benzene rings is 3. The molecule has 1 aromatic heterocycles. The summed E-state index contributed by atoms with van der Waals surface area (Å²) in [5.74, 6) is 0.956. The molecule has 3 aromatic carbocycles. The Labute approximate surface area is 187 Å². The van der Waals surface area contributed by atoms with Gasteiger partial charge in [-0.25, -0.2) is 0 Å². The molecule has 0 aliphatic heterocycles. The van der Waals surface area contributed by atoms with Crippen LogP contribution in [0.1, 0.15) is 16.3 Å². The fourth-order valence-corrected chi connectivity index (χ4v) is 3.62. The summed E-state index contributed by atoms with van der Waals surface area (Å²) in [6.07, 6.45) is 0.